The van der Waals surface area contributed by atoms with Crippen LogP contribution in [0.4, 0.5) is 29.5 Å². The topological polar surface area (TPSA) is 81.1 Å². The normalized spacial score (nSPS) is 15.5. The number of halogens is 3. The van der Waals surface area contributed by atoms with Gasteiger partial charge in [0.1, 0.15) is 5.82 Å². The van der Waals surface area contributed by atoms with E-state index in [-0.39, 0.29) is 6.04 Å². The molecule has 7 nitrogen and oxygen atoms in total. The molecule has 0 saturated heterocycles. The van der Waals surface area contributed by atoms with Gasteiger partial charge < -0.3 is 15.4 Å². The number of amides is 1. The Balaban J connectivity index is 1.59. The lowest BCUT2D eigenvalue weighted by Crippen LogP contribution is -2.26. The molecule has 3 aromatic rings. The molecule has 1 aliphatic heterocycles. The summed E-state index contributed by atoms with van der Waals surface area (Å²) in [5, 5.41) is 10.4. The van der Waals surface area contributed by atoms with Crippen molar-refractivity contribution in [2.75, 3.05) is 12.4 Å². The Hall–Kier alpha value is -3.56. The zero-order valence-corrected chi connectivity index (χ0v) is 15.9. The standard InChI is InChI=1S/C20H18F3N5O2/c1-30-19(29)26-15-8-10-28-17(15)11-16(27-28)14-3-2-9-24-18(14)25-13-6-4-12(5-7-13)20(21,22)23/h2-7,9,11,15H,8,10H2,1H3,(H,24,25)(H,26,29)/t15-/m1/s1. The number of hydrogen-bond donors (Lipinski definition) is 2. The van der Waals surface area contributed by atoms with E-state index in [2.05, 4.69) is 25.5 Å². The van der Waals surface area contributed by atoms with Gasteiger partial charge in [-0.25, -0.2) is 9.78 Å². The fraction of sp³-hybridized carbons (Fsp3) is 0.250. The molecular formula is C20H18F3N5O2. The average Bonchev–Trinajstić information content (AvgIpc) is 3.30. The number of pyridine rings is 1. The maximum absolute atomic E-state index is 12.8. The fourth-order valence-corrected chi connectivity index (χ4v) is 3.36. The molecular weight excluding hydrogens is 399 g/mol. The van der Waals surface area contributed by atoms with Gasteiger partial charge in [-0.1, -0.05) is 0 Å². The second-order valence-corrected chi connectivity index (χ2v) is 6.75. The molecule has 0 fully saturated rings. The number of carbonyl (C=O) groups is 1. The quantitative estimate of drug-likeness (QED) is 0.653. The summed E-state index contributed by atoms with van der Waals surface area (Å²) in [6.45, 7) is 0.645. The average molecular weight is 417 g/mol. The number of alkyl halides is 3. The highest BCUT2D eigenvalue weighted by Gasteiger charge is 2.30. The SMILES string of the molecule is COC(=O)N[C@@H]1CCn2nc(-c3cccnc3Nc3ccc(C(F)(F)F)cc3)cc21. The van der Waals surface area contributed by atoms with Crippen molar-refractivity contribution < 1.29 is 22.7 Å². The Labute approximate surface area is 169 Å². The van der Waals surface area contributed by atoms with Crippen LogP contribution in [0.5, 0.6) is 0 Å². The molecule has 1 amide bonds. The molecule has 10 heteroatoms. The van der Waals surface area contributed by atoms with Crippen molar-refractivity contribution in [3.63, 3.8) is 0 Å². The Bertz CT molecular complexity index is 1060. The van der Waals surface area contributed by atoms with Crippen LogP contribution in [0.15, 0.2) is 48.7 Å². The highest BCUT2D eigenvalue weighted by atomic mass is 19.4. The third-order valence-electron chi connectivity index (χ3n) is 4.83. The number of alkyl carbamates (subject to hydrolysis) is 1. The second-order valence-electron chi connectivity index (χ2n) is 6.75. The first kappa shape index (κ1) is 19.7. The Morgan fingerprint density at radius 3 is 2.70 bits per heavy atom. The summed E-state index contributed by atoms with van der Waals surface area (Å²) < 4.78 is 44.8. The molecule has 1 atom stereocenters. The van der Waals surface area contributed by atoms with Crippen molar-refractivity contribution in [3.05, 3.63) is 59.9 Å². The van der Waals surface area contributed by atoms with Crippen molar-refractivity contribution in [2.24, 2.45) is 0 Å². The van der Waals surface area contributed by atoms with Gasteiger partial charge >= 0.3 is 12.3 Å². The van der Waals surface area contributed by atoms with Crippen LogP contribution < -0.4 is 10.6 Å². The van der Waals surface area contributed by atoms with Gasteiger partial charge in [-0.05, 0) is 48.9 Å². The molecule has 2 N–H and O–H groups in total. The molecule has 4 rings (SSSR count). The number of methoxy groups -OCH3 is 1. The van der Waals surface area contributed by atoms with Gasteiger partial charge in [0.15, 0.2) is 0 Å². The first-order valence-corrected chi connectivity index (χ1v) is 9.17. The molecule has 3 heterocycles. The highest BCUT2D eigenvalue weighted by Crippen LogP contribution is 2.34. The summed E-state index contributed by atoms with van der Waals surface area (Å²) in [5.74, 6) is 0.464. The predicted molar refractivity (Wildman–Crippen MR) is 103 cm³/mol. The van der Waals surface area contributed by atoms with E-state index in [1.807, 2.05) is 16.8 Å². The van der Waals surface area contributed by atoms with Crippen LogP contribution in [-0.4, -0.2) is 28.0 Å². The first-order chi connectivity index (χ1) is 14.3. The van der Waals surface area contributed by atoms with E-state index in [9.17, 15) is 18.0 Å². The van der Waals surface area contributed by atoms with E-state index in [0.29, 0.717) is 35.7 Å². The van der Waals surface area contributed by atoms with E-state index >= 15 is 0 Å². The first-order valence-electron chi connectivity index (χ1n) is 9.17. The number of ether oxygens (including phenoxy) is 1. The summed E-state index contributed by atoms with van der Waals surface area (Å²) in [4.78, 5) is 15.9. The minimum absolute atomic E-state index is 0.207. The monoisotopic (exact) mass is 417 g/mol. The van der Waals surface area contributed by atoms with Gasteiger partial charge in [0.2, 0.25) is 0 Å². The molecule has 0 spiro atoms. The summed E-state index contributed by atoms with van der Waals surface area (Å²) in [6, 6.07) is 9.96. The summed E-state index contributed by atoms with van der Waals surface area (Å²) in [5.41, 5.74) is 1.93. The van der Waals surface area contributed by atoms with Crippen LogP contribution in [0.3, 0.4) is 0 Å². The van der Waals surface area contributed by atoms with E-state index in [4.69, 9.17) is 0 Å². The van der Waals surface area contributed by atoms with Crippen molar-refractivity contribution in [1.29, 1.82) is 0 Å². The van der Waals surface area contributed by atoms with E-state index in [1.54, 1.807) is 12.3 Å². The number of aryl methyl sites for hydroxylation is 1. The second kappa shape index (κ2) is 7.69. The third kappa shape index (κ3) is 3.93. The zero-order chi connectivity index (χ0) is 21.3. The minimum atomic E-state index is -4.39. The number of aromatic nitrogens is 3. The van der Waals surface area contributed by atoms with Gasteiger partial charge in [0.25, 0.3) is 0 Å². The van der Waals surface area contributed by atoms with E-state index in [0.717, 1.165) is 17.8 Å². The molecule has 0 aliphatic carbocycles. The fourth-order valence-electron chi connectivity index (χ4n) is 3.36. The number of fused-ring (bicyclic) bond motifs is 1. The molecule has 1 aliphatic rings. The van der Waals surface area contributed by atoms with Gasteiger partial charge in [0.05, 0.1) is 30.1 Å². The van der Waals surface area contributed by atoms with Crippen molar-refractivity contribution in [1.82, 2.24) is 20.1 Å². The molecule has 0 unspecified atom stereocenters. The zero-order valence-electron chi connectivity index (χ0n) is 15.9. The largest absolute Gasteiger partial charge is 0.453 e. The van der Waals surface area contributed by atoms with E-state index in [1.165, 1.54) is 19.2 Å². The summed E-state index contributed by atoms with van der Waals surface area (Å²) in [6.07, 6.45) is -2.61. The molecule has 0 radical (unpaired) electrons. The molecule has 156 valence electrons. The van der Waals surface area contributed by atoms with Gasteiger partial charge in [0, 0.05) is 24.0 Å². The van der Waals surface area contributed by atoms with Crippen LogP contribution in [0, 0.1) is 0 Å². The maximum atomic E-state index is 12.8. The van der Waals surface area contributed by atoms with Crippen LogP contribution >= 0.6 is 0 Å². The molecule has 0 saturated carbocycles. The number of anilines is 2. The van der Waals surface area contributed by atoms with Crippen molar-refractivity contribution >= 4 is 17.6 Å². The number of carbonyl (C=O) groups excluding carboxylic acids is 1. The molecule has 0 bridgehead atoms. The lowest BCUT2D eigenvalue weighted by Gasteiger charge is -2.12. The van der Waals surface area contributed by atoms with Crippen molar-refractivity contribution in [3.8, 4) is 11.3 Å². The van der Waals surface area contributed by atoms with E-state index < -0.39 is 17.8 Å². The maximum Gasteiger partial charge on any atom is 0.416 e. The number of nitrogens with zero attached hydrogens (tertiary/aromatic N) is 3. The molecule has 1 aromatic carbocycles. The third-order valence-corrected chi connectivity index (χ3v) is 4.83. The number of nitrogens with one attached hydrogen (secondary N) is 2. The number of hydrogen-bond acceptors (Lipinski definition) is 5. The summed E-state index contributed by atoms with van der Waals surface area (Å²) >= 11 is 0. The van der Waals surface area contributed by atoms with Crippen molar-refractivity contribution in [2.45, 2.75) is 25.2 Å². The predicted octanol–water partition coefficient (Wildman–Crippen LogP) is 4.51. The minimum Gasteiger partial charge on any atom is -0.453 e. The lowest BCUT2D eigenvalue weighted by atomic mass is 10.1. The van der Waals surface area contributed by atoms with Gasteiger partial charge in [-0.15, -0.1) is 0 Å². The van der Waals surface area contributed by atoms with Crippen LogP contribution in [-0.2, 0) is 17.5 Å². The van der Waals surface area contributed by atoms with Gasteiger partial charge in [-0.2, -0.15) is 18.3 Å². The van der Waals surface area contributed by atoms with Gasteiger partial charge in [-0.3, -0.25) is 4.68 Å². The Kier molecular flexibility index (Phi) is 5.06. The smallest absolute Gasteiger partial charge is 0.416 e. The lowest BCUT2D eigenvalue weighted by molar-refractivity contribution is -0.137. The Morgan fingerprint density at radius 2 is 2.00 bits per heavy atom. The number of rotatable bonds is 4. The van der Waals surface area contributed by atoms with Crippen LogP contribution in [0.1, 0.15) is 23.7 Å². The molecule has 2 aromatic heterocycles. The summed E-state index contributed by atoms with van der Waals surface area (Å²) in [7, 11) is 1.31. The van der Waals surface area contributed by atoms with Crippen LogP contribution in [0.2, 0.25) is 0 Å². The molecule has 30 heavy (non-hydrogen) atoms. The van der Waals surface area contributed by atoms with Crippen LogP contribution in [0.25, 0.3) is 11.3 Å². The Morgan fingerprint density at radius 1 is 1.23 bits per heavy atom. The number of benzene rings is 1. The highest BCUT2D eigenvalue weighted by molar-refractivity contribution is 5.76.